The van der Waals surface area contributed by atoms with Gasteiger partial charge in [0.05, 0.1) is 5.75 Å². The maximum Gasteiger partial charge on any atom is 0.449 e. The van der Waals surface area contributed by atoms with Gasteiger partial charge in [-0.3, -0.25) is 10.1 Å². The maximum atomic E-state index is 12.8. The number of sulfonamides is 1. The molecule has 2 aromatic rings. The Morgan fingerprint density at radius 1 is 1.08 bits per heavy atom. The Labute approximate surface area is 204 Å². The average Bonchev–Trinajstić information content (AvgIpc) is 3.37. The van der Waals surface area contributed by atoms with E-state index in [1.54, 1.807) is 24.3 Å². The Morgan fingerprint density at radius 2 is 1.72 bits per heavy atom. The van der Waals surface area contributed by atoms with Gasteiger partial charge in [0.25, 0.3) is 5.91 Å². The van der Waals surface area contributed by atoms with E-state index in [1.165, 1.54) is 17.3 Å². The lowest BCUT2D eigenvalue weighted by molar-refractivity contribution is -0.153. The van der Waals surface area contributed by atoms with Crippen LogP contribution in [0.5, 0.6) is 11.5 Å². The summed E-state index contributed by atoms with van der Waals surface area (Å²) in [7, 11) is -3.80. The summed E-state index contributed by atoms with van der Waals surface area (Å²) in [4.78, 5) is 23.3. The van der Waals surface area contributed by atoms with Crippen LogP contribution in [0.1, 0.15) is 31.3 Å². The number of rotatable bonds is 8. The smallest absolute Gasteiger partial charge is 0.449 e. The molecule has 2 aliphatic heterocycles. The summed E-state index contributed by atoms with van der Waals surface area (Å²) in [6.07, 6.45) is -3.95. The van der Waals surface area contributed by atoms with Gasteiger partial charge in [0.2, 0.25) is 15.8 Å². The van der Waals surface area contributed by atoms with Crippen molar-refractivity contribution in [1.29, 1.82) is 0 Å². The number of piperidine rings is 1. The summed E-state index contributed by atoms with van der Waals surface area (Å²) in [5.41, 5.74) is -1.52. The lowest BCUT2D eigenvalue weighted by Gasteiger charge is -2.33. The van der Waals surface area contributed by atoms with Gasteiger partial charge in [0.15, 0.2) is 0 Å². The fraction of sp³-hybridized carbons (Fsp3) is 0.455. The lowest BCUT2D eigenvalue weighted by Crippen LogP contribution is -2.53. The van der Waals surface area contributed by atoms with Crippen molar-refractivity contribution in [2.24, 2.45) is 0 Å². The molecule has 2 fully saturated rings. The number of carbonyl (C=O) groups is 2. The van der Waals surface area contributed by atoms with Crippen molar-refractivity contribution in [3.8, 4) is 11.5 Å². The monoisotopic (exact) mass is 531 g/mol. The number of furan rings is 1. The van der Waals surface area contributed by atoms with Gasteiger partial charge in [-0.05, 0) is 56.2 Å². The number of carbonyl (C=O) groups excluding carboxylic acids is 2. The highest BCUT2D eigenvalue weighted by atomic mass is 32.2. The number of hydrogen-bond acceptors (Lipinski definition) is 7. The van der Waals surface area contributed by atoms with Crippen LogP contribution in [0.2, 0.25) is 0 Å². The molecule has 10 nitrogen and oxygen atoms in total. The summed E-state index contributed by atoms with van der Waals surface area (Å²) in [6.45, 7) is 1.59. The third kappa shape index (κ3) is 5.93. The van der Waals surface area contributed by atoms with Gasteiger partial charge in [-0.1, -0.05) is 0 Å². The van der Waals surface area contributed by atoms with E-state index in [0.717, 1.165) is 6.07 Å². The molecule has 1 atom stereocenters. The van der Waals surface area contributed by atoms with Gasteiger partial charge in [-0.15, -0.1) is 0 Å². The Kier molecular flexibility index (Phi) is 6.92. The summed E-state index contributed by atoms with van der Waals surface area (Å²) in [6, 6.07) is 7.81. The van der Waals surface area contributed by atoms with E-state index in [4.69, 9.17) is 13.9 Å². The number of ether oxygens (including phenoxy) is 2. The highest BCUT2D eigenvalue weighted by molar-refractivity contribution is 7.89. The summed E-state index contributed by atoms with van der Waals surface area (Å²) < 4.78 is 80.7. The minimum absolute atomic E-state index is 0.0364. The number of halogens is 3. The highest BCUT2D eigenvalue weighted by Gasteiger charge is 2.47. The predicted molar refractivity (Wildman–Crippen MR) is 119 cm³/mol. The van der Waals surface area contributed by atoms with Gasteiger partial charge in [-0.2, -0.15) is 13.2 Å². The third-order valence-electron chi connectivity index (χ3n) is 5.83. The molecular formula is C22H24F3N3O7S. The molecule has 1 aromatic heterocycles. The van der Waals surface area contributed by atoms with Crippen LogP contribution in [0.25, 0.3) is 0 Å². The number of imide groups is 1. The standard InChI is InChI=1S/C22H24F3N3O7S/c1-21(19(29)26-20(30)27-21)13-36(31,32)28-10-8-16(9-11-28)34-15-4-2-14(3-5-15)33-12-17-6-7-18(35-17)22(23,24)25/h2-7,16H,8-13H2,1H3,(H2,26,27,29,30)/t21-/m1/s1. The predicted octanol–water partition coefficient (Wildman–Crippen LogP) is 2.65. The molecule has 2 N–H and O–H groups in total. The number of alkyl halides is 3. The molecule has 3 amide bonds. The van der Waals surface area contributed by atoms with Gasteiger partial charge >= 0.3 is 12.2 Å². The molecule has 4 rings (SSSR count). The Balaban J connectivity index is 1.25. The van der Waals surface area contributed by atoms with Crippen molar-refractivity contribution in [2.45, 2.75) is 44.2 Å². The minimum Gasteiger partial charge on any atom is -0.490 e. The van der Waals surface area contributed by atoms with E-state index < -0.39 is 45.2 Å². The molecule has 0 radical (unpaired) electrons. The second-order valence-corrected chi connectivity index (χ2v) is 10.7. The SMILES string of the molecule is C[C@]1(CS(=O)(=O)N2CCC(Oc3ccc(OCc4ccc(C(F)(F)F)o4)cc3)CC2)NC(=O)NC1=O. The van der Waals surface area contributed by atoms with E-state index in [-0.39, 0.29) is 31.6 Å². The molecule has 0 spiro atoms. The van der Waals surface area contributed by atoms with E-state index in [9.17, 15) is 31.2 Å². The first-order chi connectivity index (χ1) is 16.8. The number of benzene rings is 1. The summed E-state index contributed by atoms with van der Waals surface area (Å²) >= 11 is 0. The van der Waals surface area contributed by atoms with Crippen LogP contribution < -0.4 is 20.1 Å². The van der Waals surface area contributed by atoms with Crippen molar-refractivity contribution < 1.29 is 45.1 Å². The largest absolute Gasteiger partial charge is 0.490 e. The van der Waals surface area contributed by atoms with Crippen molar-refractivity contribution in [2.75, 3.05) is 18.8 Å². The fourth-order valence-corrected chi connectivity index (χ4v) is 5.82. The number of nitrogens with one attached hydrogen (secondary N) is 2. The molecular weight excluding hydrogens is 507 g/mol. The molecule has 2 saturated heterocycles. The summed E-state index contributed by atoms with van der Waals surface area (Å²) in [5, 5.41) is 4.40. The normalized spacial score (nSPS) is 21.8. The van der Waals surface area contributed by atoms with E-state index in [1.807, 2.05) is 5.32 Å². The van der Waals surface area contributed by atoms with Crippen LogP contribution in [0.15, 0.2) is 40.8 Å². The van der Waals surface area contributed by atoms with Gasteiger partial charge in [0, 0.05) is 13.1 Å². The van der Waals surface area contributed by atoms with Crippen LogP contribution in [0.3, 0.4) is 0 Å². The van der Waals surface area contributed by atoms with Gasteiger partial charge in [0.1, 0.15) is 35.5 Å². The zero-order valence-corrected chi connectivity index (χ0v) is 19.9. The Hall–Kier alpha value is -3.26. The van der Waals surface area contributed by atoms with Crippen LogP contribution in [-0.2, 0) is 27.6 Å². The Bertz CT molecular complexity index is 1220. The molecule has 14 heteroatoms. The minimum atomic E-state index is -4.56. The van der Waals surface area contributed by atoms with Crippen molar-refractivity contribution in [1.82, 2.24) is 14.9 Å². The lowest BCUT2D eigenvalue weighted by atomic mass is 10.1. The second-order valence-electron chi connectivity index (χ2n) is 8.74. The van der Waals surface area contributed by atoms with Crippen molar-refractivity contribution in [3.05, 3.63) is 47.9 Å². The van der Waals surface area contributed by atoms with E-state index in [2.05, 4.69) is 5.32 Å². The zero-order valence-electron chi connectivity index (χ0n) is 19.1. The second kappa shape index (κ2) is 9.65. The molecule has 0 saturated carbocycles. The molecule has 196 valence electrons. The quantitative estimate of drug-likeness (QED) is 0.502. The van der Waals surface area contributed by atoms with Crippen molar-refractivity contribution in [3.63, 3.8) is 0 Å². The number of hydrogen-bond donors (Lipinski definition) is 2. The van der Waals surface area contributed by atoms with Crippen LogP contribution in [0.4, 0.5) is 18.0 Å². The zero-order chi connectivity index (χ0) is 26.1. The van der Waals surface area contributed by atoms with Crippen LogP contribution in [0, 0.1) is 0 Å². The van der Waals surface area contributed by atoms with E-state index in [0.29, 0.717) is 24.3 Å². The molecule has 0 aliphatic carbocycles. The third-order valence-corrected chi connectivity index (χ3v) is 7.93. The molecule has 1 aromatic carbocycles. The van der Waals surface area contributed by atoms with Gasteiger partial charge in [-0.25, -0.2) is 17.5 Å². The van der Waals surface area contributed by atoms with Crippen LogP contribution in [-0.4, -0.2) is 55.1 Å². The first kappa shape index (κ1) is 25.8. The molecule has 2 aliphatic rings. The molecule has 36 heavy (non-hydrogen) atoms. The number of amides is 3. The van der Waals surface area contributed by atoms with E-state index >= 15 is 0 Å². The first-order valence-corrected chi connectivity index (χ1v) is 12.6. The topological polar surface area (TPSA) is 127 Å². The molecule has 0 bridgehead atoms. The van der Waals surface area contributed by atoms with Crippen LogP contribution >= 0.6 is 0 Å². The number of nitrogens with zero attached hydrogens (tertiary/aromatic N) is 1. The Morgan fingerprint density at radius 3 is 2.28 bits per heavy atom. The first-order valence-electron chi connectivity index (χ1n) is 11.0. The van der Waals surface area contributed by atoms with Gasteiger partial charge < -0.3 is 19.2 Å². The molecule has 0 unspecified atom stereocenters. The average molecular weight is 532 g/mol. The van der Waals surface area contributed by atoms with Crippen molar-refractivity contribution >= 4 is 22.0 Å². The summed E-state index contributed by atoms with van der Waals surface area (Å²) in [5.74, 6) is -1.34. The fourth-order valence-electron chi connectivity index (χ4n) is 3.93. The maximum absolute atomic E-state index is 12.8. The number of urea groups is 1. The highest BCUT2D eigenvalue weighted by Crippen LogP contribution is 2.31. The molecule has 3 heterocycles.